The Morgan fingerprint density at radius 3 is 2.93 bits per heavy atom. The summed E-state index contributed by atoms with van der Waals surface area (Å²) in [6.07, 6.45) is 5.07. The van der Waals surface area contributed by atoms with Crippen LogP contribution in [0.25, 0.3) is 0 Å². The van der Waals surface area contributed by atoms with E-state index in [1.165, 1.54) is 0 Å². The van der Waals surface area contributed by atoms with Crippen molar-refractivity contribution in [2.24, 2.45) is 10.1 Å². The van der Waals surface area contributed by atoms with Crippen molar-refractivity contribution in [1.82, 2.24) is 10.4 Å². The number of pyridine rings is 1. The number of ether oxygens (including phenoxy) is 1. The van der Waals surface area contributed by atoms with Crippen molar-refractivity contribution >= 4 is 17.9 Å². The lowest BCUT2D eigenvalue weighted by molar-refractivity contribution is 0.415. The quantitative estimate of drug-likeness (QED) is 0.382. The zero-order valence-electron chi connectivity index (χ0n) is 15.2. The van der Waals surface area contributed by atoms with E-state index in [-0.39, 0.29) is 0 Å². The molecule has 0 saturated carbocycles. The summed E-state index contributed by atoms with van der Waals surface area (Å²) < 4.78 is 10.6. The number of rotatable bonds is 7. The van der Waals surface area contributed by atoms with Crippen LogP contribution in [0.15, 0.2) is 75.5 Å². The van der Waals surface area contributed by atoms with Gasteiger partial charge in [-0.25, -0.2) is 4.98 Å². The van der Waals surface area contributed by atoms with Crippen LogP contribution in [0.3, 0.4) is 0 Å². The molecule has 2 aromatic heterocycles. The van der Waals surface area contributed by atoms with E-state index in [0.717, 1.165) is 22.6 Å². The predicted molar refractivity (Wildman–Crippen MR) is 106 cm³/mol. The molecule has 0 aliphatic rings. The largest absolute Gasteiger partial charge is 0.497 e. The van der Waals surface area contributed by atoms with Gasteiger partial charge in [0.15, 0.2) is 5.84 Å². The van der Waals surface area contributed by atoms with Gasteiger partial charge in [-0.15, -0.1) is 0 Å². The fourth-order valence-corrected chi connectivity index (χ4v) is 2.44. The molecular weight excluding hydrogens is 342 g/mol. The number of nitrogens with zero attached hydrogens (tertiary/aromatic N) is 3. The number of furan rings is 1. The number of hydrazone groups is 1. The standard InChI is InChI=1S/C20H21N5O2/c1-21-19(25-24-13-15-6-3-7-16(12-15)26-2)18-9-4-10-22-20(18)23-14-17-8-5-11-27-17/h3-13H,14H2,1-2H3,(H,21,25)(H,22,23)/b24-13+. The number of nitrogens with one attached hydrogen (secondary N) is 2. The zero-order chi connectivity index (χ0) is 18.9. The molecule has 0 bridgehead atoms. The molecule has 0 unspecified atom stereocenters. The molecule has 3 aromatic rings. The number of hydrogen-bond acceptors (Lipinski definition) is 6. The van der Waals surface area contributed by atoms with Gasteiger partial charge in [0.2, 0.25) is 0 Å². The molecule has 0 radical (unpaired) electrons. The number of amidine groups is 1. The molecule has 0 aliphatic heterocycles. The summed E-state index contributed by atoms with van der Waals surface area (Å²) >= 11 is 0. The summed E-state index contributed by atoms with van der Waals surface area (Å²) in [6, 6.07) is 15.2. The smallest absolute Gasteiger partial charge is 0.152 e. The third kappa shape index (κ3) is 4.94. The summed E-state index contributed by atoms with van der Waals surface area (Å²) in [7, 11) is 3.34. The third-order valence-corrected chi connectivity index (χ3v) is 3.77. The van der Waals surface area contributed by atoms with Gasteiger partial charge in [0.25, 0.3) is 0 Å². The molecule has 3 rings (SSSR count). The van der Waals surface area contributed by atoms with Gasteiger partial charge in [0, 0.05) is 13.2 Å². The monoisotopic (exact) mass is 363 g/mol. The van der Waals surface area contributed by atoms with Crippen molar-refractivity contribution < 1.29 is 9.15 Å². The van der Waals surface area contributed by atoms with Crippen LogP contribution in [0.5, 0.6) is 5.75 Å². The van der Waals surface area contributed by atoms with Crippen LogP contribution in [0.2, 0.25) is 0 Å². The Bertz CT molecular complexity index is 920. The molecule has 7 heteroatoms. The van der Waals surface area contributed by atoms with Crippen molar-refractivity contribution in [3.05, 3.63) is 77.9 Å². The highest BCUT2D eigenvalue weighted by molar-refractivity contribution is 6.03. The van der Waals surface area contributed by atoms with Crippen LogP contribution in [-0.2, 0) is 6.54 Å². The highest BCUT2D eigenvalue weighted by atomic mass is 16.5. The molecule has 0 saturated heterocycles. The Morgan fingerprint density at radius 1 is 1.22 bits per heavy atom. The number of aliphatic imine (C=N–C) groups is 1. The van der Waals surface area contributed by atoms with Crippen LogP contribution >= 0.6 is 0 Å². The zero-order valence-corrected chi connectivity index (χ0v) is 15.2. The fourth-order valence-electron chi connectivity index (χ4n) is 2.44. The maximum Gasteiger partial charge on any atom is 0.152 e. The lowest BCUT2D eigenvalue weighted by Gasteiger charge is -2.11. The van der Waals surface area contributed by atoms with Gasteiger partial charge in [0.1, 0.15) is 17.3 Å². The lowest BCUT2D eigenvalue weighted by Crippen LogP contribution is -2.21. The first-order valence-electron chi connectivity index (χ1n) is 8.41. The molecule has 2 N–H and O–H groups in total. The Labute approximate surface area is 157 Å². The first-order valence-corrected chi connectivity index (χ1v) is 8.41. The number of hydrogen-bond donors (Lipinski definition) is 2. The second-order valence-corrected chi connectivity index (χ2v) is 5.55. The molecule has 27 heavy (non-hydrogen) atoms. The topological polar surface area (TPSA) is 84.0 Å². The maximum absolute atomic E-state index is 5.34. The van der Waals surface area contributed by atoms with Gasteiger partial charge in [-0.05, 0) is 42.0 Å². The maximum atomic E-state index is 5.34. The highest BCUT2D eigenvalue weighted by Crippen LogP contribution is 2.14. The van der Waals surface area contributed by atoms with Crippen molar-refractivity contribution in [2.75, 3.05) is 19.5 Å². The first kappa shape index (κ1) is 18.2. The Kier molecular flexibility index (Phi) is 6.19. The molecule has 138 valence electrons. The van der Waals surface area contributed by atoms with Crippen molar-refractivity contribution in [3.63, 3.8) is 0 Å². The summed E-state index contributed by atoms with van der Waals surface area (Å²) in [5.41, 5.74) is 4.71. The molecule has 1 aromatic carbocycles. The van der Waals surface area contributed by atoms with E-state index in [1.807, 2.05) is 48.5 Å². The minimum absolute atomic E-state index is 0.529. The molecule has 7 nitrogen and oxygen atoms in total. The van der Waals surface area contributed by atoms with E-state index < -0.39 is 0 Å². The van der Waals surface area contributed by atoms with E-state index in [0.29, 0.717) is 18.2 Å². The molecular formula is C20H21N5O2. The number of anilines is 1. The normalized spacial score (nSPS) is 11.6. The van der Waals surface area contributed by atoms with Crippen molar-refractivity contribution in [1.29, 1.82) is 0 Å². The number of benzene rings is 1. The van der Waals surface area contributed by atoms with Crippen molar-refractivity contribution in [3.8, 4) is 5.75 Å². The van der Waals surface area contributed by atoms with E-state index >= 15 is 0 Å². The summed E-state index contributed by atoms with van der Waals surface area (Å²) in [5.74, 6) is 2.90. The van der Waals surface area contributed by atoms with Gasteiger partial charge in [-0.3, -0.25) is 10.4 Å². The van der Waals surface area contributed by atoms with Crippen LogP contribution in [0.4, 0.5) is 5.82 Å². The number of aromatic nitrogens is 1. The predicted octanol–water partition coefficient (Wildman–Crippen LogP) is 3.30. The average Bonchev–Trinajstić information content (AvgIpc) is 3.24. The molecule has 0 spiro atoms. The van der Waals surface area contributed by atoms with Gasteiger partial charge in [0.05, 0.1) is 31.7 Å². The lowest BCUT2D eigenvalue weighted by atomic mass is 10.2. The Balaban J connectivity index is 1.70. The summed E-state index contributed by atoms with van der Waals surface area (Å²) in [5, 5.41) is 7.54. The Hall–Kier alpha value is -3.61. The minimum Gasteiger partial charge on any atom is -0.497 e. The number of methoxy groups -OCH3 is 1. The SMILES string of the molecule is CN=C(N/N=C/c1cccc(OC)c1)c1cccnc1NCc1ccco1. The van der Waals surface area contributed by atoms with Crippen molar-refractivity contribution in [2.45, 2.75) is 6.54 Å². The van der Waals surface area contributed by atoms with E-state index in [2.05, 4.69) is 25.8 Å². The van der Waals surface area contributed by atoms with E-state index in [1.54, 1.807) is 32.8 Å². The van der Waals surface area contributed by atoms with E-state index in [4.69, 9.17) is 9.15 Å². The molecule has 0 aliphatic carbocycles. The fraction of sp³-hybridized carbons (Fsp3) is 0.150. The van der Waals surface area contributed by atoms with Crippen LogP contribution in [-0.4, -0.2) is 31.2 Å². The van der Waals surface area contributed by atoms with E-state index in [9.17, 15) is 0 Å². The first-order chi connectivity index (χ1) is 13.3. The minimum atomic E-state index is 0.529. The second-order valence-electron chi connectivity index (χ2n) is 5.55. The highest BCUT2D eigenvalue weighted by Gasteiger charge is 2.09. The molecule has 0 atom stereocenters. The van der Waals surface area contributed by atoms with Crippen LogP contribution < -0.4 is 15.5 Å². The Morgan fingerprint density at radius 2 is 2.15 bits per heavy atom. The second kappa shape index (κ2) is 9.19. The molecule has 2 heterocycles. The van der Waals surface area contributed by atoms with Crippen LogP contribution in [0, 0.1) is 0 Å². The van der Waals surface area contributed by atoms with Crippen LogP contribution in [0.1, 0.15) is 16.9 Å². The summed E-state index contributed by atoms with van der Waals surface area (Å²) in [4.78, 5) is 8.69. The average molecular weight is 363 g/mol. The van der Waals surface area contributed by atoms with Gasteiger partial charge in [-0.2, -0.15) is 5.10 Å². The van der Waals surface area contributed by atoms with Gasteiger partial charge < -0.3 is 14.5 Å². The van der Waals surface area contributed by atoms with Gasteiger partial charge in [-0.1, -0.05) is 12.1 Å². The third-order valence-electron chi connectivity index (χ3n) is 3.77. The summed E-state index contributed by atoms with van der Waals surface area (Å²) in [6.45, 7) is 0.529. The van der Waals surface area contributed by atoms with Gasteiger partial charge >= 0.3 is 0 Å². The molecule has 0 fully saturated rings. The molecule has 0 amide bonds.